The highest BCUT2D eigenvalue weighted by atomic mass is 127. The smallest absolute Gasteiger partial charge is 0.357 e. The van der Waals surface area contributed by atoms with Gasteiger partial charge in [-0.3, -0.25) is 4.40 Å². The van der Waals surface area contributed by atoms with Crippen LogP contribution in [0.25, 0.3) is 4.96 Å². The molecule has 152 valence electrons. The monoisotopic (exact) mass is 527 g/mol. The predicted molar refractivity (Wildman–Crippen MR) is 112 cm³/mol. The van der Waals surface area contributed by atoms with Gasteiger partial charge in [-0.05, 0) is 24.6 Å². The lowest BCUT2D eigenvalue weighted by molar-refractivity contribution is -0.138. The van der Waals surface area contributed by atoms with Gasteiger partial charge >= 0.3 is 6.18 Å². The SMILES string of the molecule is CCNC(=NCc1ccc(F)cc1C(F)(F)F)NCc1cn2ccsc2n1.I. The molecule has 1 aromatic carbocycles. The van der Waals surface area contributed by atoms with E-state index in [1.54, 1.807) is 0 Å². The van der Waals surface area contributed by atoms with E-state index < -0.39 is 17.6 Å². The zero-order chi connectivity index (χ0) is 19.4. The van der Waals surface area contributed by atoms with Crippen LogP contribution in [0.15, 0.2) is 41.0 Å². The highest BCUT2D eigenvalue weighted by molar-refractivity contribution is 14.0. The van der Waals surface area contributed by atoms with E-state index in [1.807, 2.05) is 29.1 Å². The predicted octanol–water partition coefficient (Wildman–Crippen LogP) is 4.43. The van der Waals surface area contributed by atoms with Crippen LogP contribution in [0.1, 0.15) is 23.7 Å². The van der Waals surface area contributed by atoms with Crippen molar-refractivity contribution < 1.29 is 17.6 Å². The number of hydrogen-bond donors (Lipinski definition) is 2. The van der Waals surface area contributed by atoms with Crippen LogP contribution >= 0.6 is 35.3 Å². The first kappa shape index (κ1) is 22.4. The molecule has 0 unspecified atom stereocenters. The molecule has 3 aromatic rings. The molecule has 2 aromatic heterocycles. The van der Waals surface area contributed by atoms with Crippen molar-refractivity contribution in [2.45, 2.75) is 26.2 Å². The minimum Gasteiger partial charge on any atom is -0.357 e. The van der Waals surface area contributed by atoms with E-state index in [-0.39, 0.29) is 36.1 Å². The Morgan fingerprint density at radius 2 is 2.07 bits per heavy atom. The molecule has 0 radical (unpaired) electrons. The second kappa shape index (κ2) is 9.54. The molecule has 0 aliphatic rings. The summed E-state index contributed by atoms with van der Waals surface area (Å²) in [6.07, 6.45) is -0.881. The van der Waals surface area contributed by atoms with Crippen LogP contribution in [0, 0.1) is 5.82 Å². The molecule has 28 heavy (non-hydrogen) atoms. The lowest BCUT2D eigenvalue weighted by Crippen LogP contribution is -2.36. The van der Waals surface area contributed by atoms with Gasteiger partial charge in [0.05, 0.1) is 24.3 Å². The summed E-state index contributed by atoms with van der Waals surface area (Å²) in [5.41, 5.74) is -0.328. The van der Waals surface area contributed by atoms with Gasteiger partial charge in [-0.1, -0.05) is 6.07 Å². The van der Waals surface area contributed by atoms with Gasteiger partial charge in [0.2, 0.25) is 0 Å². The highest BCUT2D eigenvalue weighted by Crippen LogP contribution is 2.32. The summed E-state index contributed by atoms with van der Waals surface area (Å²) in [4.78, 5) is 9.47. The first-order valence-electron chi connectivity index (χ1n) is 8.15. The summed E-state index contributed by atoms with van der Waals surface area (Å²) in [6.45, 7) is 2.53. The van der Waals surface area contributed by atoms with E-state index >= 15 is 0 Å². The first-order chi connectivity index (χ1) is 12.9. The van der Waals surface area contributed by atoms with E-state index in [2.05, 4.69) is 20.6 Å². The third-order valence-corrected chi connectivity index (χ3v) is 4.48. The normalized spacial score (nSPS) is 12.1. The molecular formula is C17H18F4IN5S. The summed E-state index contributed by atoms with van der Waals surface area (Å²) in [5, 5.41) is 7.93. The zero-order valence-corrected chi connectivity index (χ0v) is 17.9. The molecule has 0 atom stereocenters. The molecule has 2 N–H and O–H groups in total. The van der Waals surface area contributed by atoms with Crippen molar-refractivity contribution >= 4 is 46.2 Å². The summed E-state index contributed by atoms with van der Waals surface area (Å²) < 4.78 is 54.3. The largest absolute Gasteiger partial charge is 0.416 e. The molecule has 0 aliphatic heterocycles. The maximum absolute atomic E-state index is 13.2. The van der Waals surface area contributed by atoms with Crippen molar-refractivity contribution in [1.82, 2.24) is 20.0 Å². The molecule has 11 heteroatoms. The molecule has 0 bridgehead atoms. The fraction of sp³-hybridized carbons (Fsp3) is 0.294. The molecule has 3 rings (SSSR count). The summed E-state index contributed by atoms with van der Waals surface area (Å²) in [7, 11) is 0. The number of benzene rings is 1. The number of guanidine groups is 1. The molecule has 0 aliphatic carbocycles. The molecule has 0 spiro atoms. The topological polar surface area (TPSA) is 53.7 Å². The number of halogens is 5. The molecule has 0 amide bonds. The van der Waals surface area contributed by atoms with Crippen molar-refractivity contribution in [2.75, 3.05) is 6.54 Å². The van der Waals surface area contributed by atoms with Gasteiger partial charge in [0.25, 0.3) is 0 Å². The summed E-state index contributed by atoms with van der Waals surface area (Å²) in [5.74, 6) is -0.578. The average molecular weight is 527 g/mol. The standard InChI is InChI=1S/C17H17F4N5S.HI/c1-2-22-15(24-9-13-10-26-5-6-27-16(26)25-13)23-8-11-3-4-12(18)7-14(11)17(19,20)21;/h3-7,10H,2,8-9H2,1H3,(H2,22,23,24);1H. The van der Waals surface area contributed by atoms with Crippen LogP contribution < -0.4 is 10.6 Å². The Morgan fingerprint density at radius 1 is 1.29 bits per heavy atom. The number of hydrogen-bond acceptors (Lipinski definition) is 3. The van der Waals surface area contributed by atoms with Crippen LogP contribution in [-0.2, 0) is 19.3 Å². The lowest BCUT2D eigenvalue weighted by Gasteiger charge is -2.13. The minimum atomic E-state index is -4.64. The molecule has 0 saturated carbocycles. The summed E-state index contributed by atoms with van der Waals surface area (Å²) in [6, 6.07) is 2.59. The van der Waals surface area contributed by atoms with Gasteiger partial charge in [0.15, 0.2) is 10.9 Å². The Bertz CT molecular complexity index is 922. The number of rotatable bonds is 5. The van der Waals surface area contributed by atoms with Crippen LogP contribution in [0.5, 0.6) is 0 Å². The number of alkyl halides is 3. The van der Waals surface area contributed by atoms with Crippen molar-refractivity contribution in [3.8, 4) is 0 Å². The second-order valence-electron chi connectivity index (χ2n) is 5.67. The zero-order valence-electron chi connectivity index (χ0n) is 14.8. The minimum absolute atomic E-state index is 0. The highest BCUT2D eigenvalue weighted by Gasteiger charge is 2.33. The van der Waals surface area contributed by atoms with E-state index in [4.69, 9.17) is 0 Å². The third-order valence-electron chi connectivity index (χ3n) is 3.71. The molecule has 0 fully saturated rings. The van der Waals surface area contributed by atoms with Crippen LogP contribution in [0.3, 0.4) is 0 Å². The number of thiazole rings is 1. The van der Waals surface area contributed by atoms with E-state index in [9.17, 15) is 17.6 Å². The van der Waals surface area contributed by atoms with Gasteiger partial charge in [0, 0.05) is 24.3 Å². The quantitative estimate of drug-likeness (QED) is 0.224. The third kappa shape index (κ3) is 5.56. The lowest BCUT2D eigenvalue weighted by atomic mass is 10.1. The Labute approximate surface area is 179 Å². The van der Waals surface area contributed by atoms with Crippen LogP contribution in [0.2, 0.25) is 0 Å². The van der Waals surface area contributed by atoms with Gasteiger partial charge in [-0.2, -0.15) is 13.2 Å². The van der Waals surface area contributed by atoms with Crippen LogP contribution in [0.4, 0.5) is 17.6 Å². The number of imidazole rings is 1. The van der Waals surface area contributed by atoms with Gasteiger partial charge < -0.3 is 10.6 Å². The number of nitrogens with one attached hydrogen (secondary N) is 2. The van der Waals surface area contributed by atoms with Crippen molar-refractivity contribution in [2.24, 2.45) is 4.99 Å². The second-order valence-corrected chi connectivity index (χ2v) is 6.55. The van der Waals surface area contributed by atoms with Gasteiger partial charge in [0.1, 0.15) is 5.82 Å². The van der Waals surface area contributed by atoms with Gasteiger partial charge in [-0.25, -0.2) is 14.4 Å². The van der Waals surface area contributed by atoms with E-state index in [0.29, 0.717) is 25.1 Å². The number of nitrogens with zero attached hydrogens (tertiary/aromatic N) is 3. The summed E-state index contributed by atoms with van der Waals surface area (Å²) >= 11 is 1.51. The van der Waals surface area contributed by atoms with Crippen molar-refractivity contribution in [3.63, 3.8) is 0 Å². The molecule has 0 saturated heterocycles. The van der Waals surface area contributed by atoms with Crippen molar-refractivity contribution in [1.29, 1.82) is 0 Å². The molecular weight excluding hydrogens is 509 g/mol. The molecule has 5 nitrogen and oxygen atoms in total. The Kier molecular flexibility index (Phi) is 7.63. The maximum Gasteiger partial charge on any atom is 0.416 e. The number of aromatic nitrogens is 2. The first-order valence-corrected chi connectivity index (χ1v) is 9.03. The fourth-order valence-electron chi connectivity index (χ4n) is 2.49. The van der Waals surface area contributed by atoms with Gasteiger partial charge in [-0.15, -0.1) is 35.3 Å². The number of fused-ring (bicyclic) bond motifs is 1. The Hall–Kier alpha value is -1.89. The molecule has 2 heterocycles. The van der Waals surface area contributed by atoms with Crippen molar-refractivity contribution in [3.05, 3.63) is 58.6 Å². The average Bonchev–Trinajstić information content (AvgIpc) is 3.19. The fourth-order valence-corrected chi connectivity index (χ4v) is 3.21. The number of aliphatic imine (C=N–C) groups is 1. The maximum atomic E-state index is 13.2. The van der Waals surface area contributed by atoms with E-state index in [1.165, 1.54) is 11.3 Å². The Morgan fingerprint density at radius 3 is 2.75 bits per heavy atom. The van der Waals surface area contributed by atoms with Crippen LogP contribution in [-0.4, -0.2) is 21.9 Å². The van der Waals surface area contributed by atoms with E-state index in [0.717, 1.165) is 22.8 Å². The Balaban J connectivity index is 0.00000280.